The van der Waals surface area contributed by atoms with E-state index in [2.05, 4.69) is 22.6 Å². The number of fused-ring (bicyclic) bond motifs is 1. The summed E-state index contributed by atoms with van der Waals surface area (Å²) < 4.78 is 5.40. The van der Waals surface area contributed by atoms with Crippen LogP contribution in [0.25, 0.3) is 11.3 Å². The Morgan fingerprint density at radius 3 is 2.69 bits per heavy atom. The lowest BCUT2D eigenvalue weighted by Crippen LogP contribution is -2.41. The molecule has 1 fully saturated rings. The Bertz CT molecular complexity index is 1110. The topological polar surface area (TPSA) is 75.4 Å². The number of amides is 3. The van der Waals surface area contributed by atoms with Gasteiger partial charge in [-0.2, -0.15) is 0 Å². The summed E-state index contributed by atoms with van der Waals surface area (Å²) in [6.07, 6.45) is 3.23. The second-order valence-electron chi connectivity index (χ2n) is 7.83. The van der Waals surface area contributed by atoms with Gasteiger partial charge in [0.1, 0.15) is 11.2 Å². The summed E-state index contributed by atoms with van der Waals surface area (Å²) >= 11 is 0. The lowest BCUT2D eigenvalue weighted by molar-refractivity contribution is -0.131. The largest absolute Gasteiger partial charge is 0.356 e. The molecule has 2 aliphatic rings. The van der Waals surface area contributed by atoms with Crippen molar-refractivity contribution in [2.24, 2.45) is 0 Å². The Hall–Kier alpha value is -3.41. The van der Waals surface area contributed by atoms with E-state index in [0.29, 0.717) is 11.5 Å². The van der Waals surface area contributed by atoms with Gasteiger partial charge in [0, 0.05) is 11.6 Å². The molecule has 2 aromatic carbocycles. The van der Waals surface area contributed by atoms with Crippen LogP contribution in [-0.2, 0) is 29.7 Å². The Morgan fingerprint density at radius 1 is 1.07 bits per heavy atom. The molecule has 2 heterocycles. The van der Waals surface area contributed by atoms with Crippen molar-refractivity contribution in [1.29, 1.82) is 0 Å². The highest BCUT2D eigenvalue weighted by Crippen LogP contribution is 2.33. The zero-order valence-corrected chi connectivity index (χ0v) is 16.1. The van der Waals surface area contributed by atoms with Gasteiger partial charge in [-0.3, -0.25) is 9.69 Å². The summed E-state index contributed by atoms with van der Waals surface area (Å²) in [6.45, 7) is 1.84. The van der Waals surface area contributed by atoms with E-state index in [-0.39, 0.29) is 12.5 Å². The highest BCUT2D eigenvalue weighted by Gasteiger charge is 2.49. The van der Waals surface area contributed by atoms with Gasteiger partial charge in [0.05, 0.1) is 6.54 Å². The zero-order chi connectivity index (χ0) is 20.0. The molecule has 0 spiro atoms. The maximum atomic E-state index is 13.2. The van der Waals surface area contributed by atoms with Crippen molar-refractivity contribution in [3.63, 3.8) is 0 Å². The van der Waals surface area contributed by atoms with Crippen molar-refractivity contribution < 1.29 is 14.1 Å². The van der Waals surface area contributed by atoms with Gasteiger partial charge in [0.25, 0.3) is 5.91 Å². The highest BCUT2D eigenvalue weighted by atomic mass is 16.5. The molecule has 0 radical (unpaired) electrons. The minimum absolute atomic E-state index is 0.0710. The van der Waals surface area contributed by atoms with Crippen LogP contribution in [0.3, 0.4) is 0 Å². The lowest BCUT2D eigenvalue weighted by atomic mass is 9.89. The molecule has 146 valence electrons. The summed E-state index contributed by atoms with van der Waals surface area (Å²) in [7, 11) is 0. The molecule has 29 heavy (non-hydrogen) atoms. The monoisotopic (exact) mass is 387 g/mol. The Balaban J connectivity index is 1.39. The number of imide groups is 1. The number of nitrogens with zero attached hydrogens (tertiary/aromatic N) is 2. The van der Waals surface area contributed by atoms with Gasteiger partial charge in [0.15, 0.2) is 5.76 Å². The van der Waals surface area contributed by atoms with Crippen molar-refractivity contribution >= 4 is 11.9 Å². The Kier molecular flexibility index (Phi) is 4.01. The summed E-state index contributed by atoms with van der Waals surface area (Å²) in [5.41, 5.74) is 3.79. The average Bonchev–Trinajstić information content (AvgIpc) is 3.44. The fourth-order valence-electron chi connectivity index (χ4n) is 4.21. The normalized spacial score (nSPS) is 20.8. The number of aromatic nitrogens is 1. The first-order chi connectivity index (χ1) is 14.0. The lowest BCUT2D eigenvalue weighted by Gasteiger charge is -2.23. The van der Waals surface area contributed by atoms with E-state index < -0.39 is 11.6 Å². The van der Waals surface area contributed by atoms with Gasteiger partial charge < -0.3 is 9.84 Å². The van der Waals surface area contributed by atoms with E-state index in [1.54, 1.807) is 13.0 Å². The van der Waals surface area contributed by atoms with Gasteiger partial charge in [-0.05, 0) is 42.9 Å². The van der Waals surface area contributed by atoms with Crippen LogP contribution >= 0.6 is 0 Å². The minimum atomic E-state index is -1.07. The number of hydrogen-bond acceptors (Lipinski definition) is 4. The summed E-state index contributed by atoms with van der Waals surface area (Å²) in [5, 5.41) is 6.92. The maximum Gasteiger partial charge on any atom is 0.325 e. The fraction of sp³-hybridized carbons (Fsp3) is 0.261. The number of hydrogen-bond donors (Lipinski definition) is 1. The van der Waals surface area contributed by atoms with E-state index in [4.69, 9.17) is 4.52 Å². The van der Waals surface area contributed by atoms with Crippen molar-refractivity contribution in [2.45, 2.75) is 38.3 Å². The first-order valence-electron chi connectivity index (χ1n) is 9.82. The third-order valence-corrected chi connectivity index (χ3v) is 5.89. The first kappa shape index (κ1) is 17.7. The predicted molar refractivity (Wildman–Crippen MR) is 107 cm³/mol. The SMILES string of the molecule is C[C@]1(c2ccc3c(c2)CCC3)NC(=O)N(Cc2cc(-c3ccccc3)on2)C1=O. The van der Waals surface area contributed by atoms with Crippen LogP contribution < -0.4 is 5.32 Å². The number of aryl methyl sites for hydroxylation is 2. The summed E-state index contributed by atoms with van der Waals surface area (Å²) in [4.78, 5) is 27.0. The molecule has 1 N–H and O–H groups in total. The molecule has 1 atom stereocenters. The standard InChI is InChI=1S/C23H21N3O3/c1-23(18-11-10-15-8-5-9-17(15)12-18)21(27)26(22(28)24-23)14-19-13-20(29-25-19)16-6-3-2-4-7-16/h2-4,6-7,10-13H,5,8-9,14H2,1H3,(H,24,28)/t23-/m1/s1. The van der Waals surface area contributed by atoms with E-state index in [1.165, 1.54) is 16.0 Å². The van der Waals surface area contributed by atoms with Gasteiger partial charge in [0.2, 0.25) is 0 Å². The number of urea groups is 1. The number of carbonyl (C=O) groups excluding carboxylic acids is 2. The van der Waals surface area contributed by atoms with E-state index in [1.807, 2.05) is 36.4 Å². The molecule has 6 heteroatoms. The predicted octanol–water partition coefficient (Wildman–Crippen LogP) is 3.80. The molecule has 1 aliphatic carbocycles. The molecule has 3 aromatic rings. The fourth-order valence-corrected chi connectivity index (χ4v) is 4.21. The molecular weight excluding hydrogens is 366 g/mol. The van der Waals surface area contributed by atoms with Gasteiger partial charge >= 0.3 is 6.03 Å². The van der Waals surface area contributed by atoms with E-state index in [0.717, 1.165) is 30.4 Å². The number of rotatable bonds is 4. The second-order valence-corrected chi connectivity index (χ2v) is 7.83. The van der Waals surface area contributed by atoms with Crippen LogP contribution in [0.2, 0.25) is 0 Å². The van der Waals surface area contributed by atoms with Crippen LogP contribution in [0.1, 0.15) is 35.7 Å². The quantitative estimate of drug-likeness (QED) is 0.691. The molecule has 1 saturated heterocycles. The number of carbonyl (C=O) groups is 2. The minimum Gasteiger partial charge on any atom is -0.356 e. The number of nitrogens with one attached hydrogen (secondary N) is 1. The molecule has 3 amide bonds. The van der Waals surface area contributed by atoms with E-state index >= 15 is 0 Å². The van der Waals surface area contributed by atoms with Crippen LogP contribution in [0.5, 0.6) is 0 Å². The van der Waals surface area contributed by atoms with Crippen molar-refractivity contribution in [1.82, 2.24) is 15.4 Å². The van der Waals surface area contributed by atoms with Gasteiger partial charge in [-0.1, -0.05) is 53.7 Å². The Labute approximate surface area is 168 Å². The zero-order valence-electron chi connectivity index (χ0n) is 16.1. The molecule has 1 aromatic heterocycles. The third kappa shape index (κ3) is 2.92. The molecule has 0 unspecified atom stereocenters. The third-order valence-electron chi connectivity index (χ3n) is 5.89. The maximum absolute atomic E-state index is 13.2. The molecule has 0 bridgehead atoms. The van der Waals surface area contributed by atoms with Crippen LogP contribution in [0.4, 0.5) is 4.79 Å². The highest BCUT2D eigenvalue weighted by molar-refractivity contribution is 6.07. The molecular formula is C23H21N3O3. The molecule has 5 rings (SSSR count). The molecule has 6 nitrogen and oxygen atoms in total. The average molecular weight is 387 g/mol. The first-order valence-corrected chi connectivity index (χ1v) is 9.82. The Morgan fingerprint density at radius 2 is 1.86 bits per heavy atom. The smallest absolute Gasteiger partial charge is 0.325 e. The van der Waals surface area contributed by atoms with Crippen LogP contribution in [0, 0.1) is 0 Å². The van der Waals surface area contributed by atoms with Crippen LogP contribution in [0.15, 0.2) is 59.1 Å². The number of benzene rings is 2. The van der Waals surface area contributed by atoms with Gasteiger partial charge in [-0.15, -0.1) is 0 Å². The van der Waals surface area contributed by atoms with Crippen molar-refractivity contribution in [2.75, 3.05) is 0 Å². The molecule has 1 aliphatic heterocycles. The molecule has 0 saturated carbocycles. The van der Waals surface area contributed by atoms with E-state index in [9.17, 15) is 9.59 Å². The van der Waals surface area contributed by atoms with Crippen molar-refractivity contribution in [3.05, 3.63) is 77.0 Å². The second kappa shape index (κ2) is 6.58. The van der Waals surface area contributed by atoms with Gasteiger partial charge in [-0.25, -0.2) is 4.79 Å². The summed E-state index contributed by atoms with van der Waals surface area (Å²) in [5.74, 6) is 0.332. The van der Waals surface area contributed by atoms with Crippen molar-refractivity contribution in [3.8, 4) is 11.3 Å². The summed E-state index contributed by atoms with van der Waals surface area (Å²) in [6, 6.07) is 17.0. The van der Waals surface area contributed by atoms with Crippen LogP contribution in [-0.4, -0.2) is 22.0 Å².